The predicted octanol–water partition coefficient (Wildman–Crippen LogP) is 3.34. The molecule has 0 aliphatic carbocycles. The minimum atomic E-state index is 0.148. The lowest BCUT2D eigenvalue weighted by molar-refractivity contribution is -0.131. The largest absolute Gasteiger partial charge is 0.353 e. The van der Waals surface area contributed by atoms with Crippen LogP contribution in [0.15, 0.2) is 61.1 Å². The van der Waals surface area contributed by atoms with Crippen LogP contribution in [0.4, 0.5) is 5.82 Å². The molecule has 0 saturated carbocycles. The first kappa shape index (κ1) is 22.2. The van der Waals surface area contributed by atoms with Crippen molar-refractivity contribution in [3.05, 3.63) is 78.0 Å². The third-order valence-corrected chi connectivity index (χ3v) is 7.06. The van der Waals surface area contributed by atoms with Crippen LogP contribution in [0.2, 0.25) is 0 Å². The number of piperazine rings is 1. The van der Waals surface area contributed by atoms with Crippen LogP contribution in [0.3, 0.4) is 0 Å². The zero-order valence-electron chi connectivity index (χ0n) is 20.5. The Labute approximate surface area is 209 Å². The van der Waals surface area contributed by atoms with Crippen LogP contribution in [-0.2, 0) is 11.2 Å². The summed E-state index contributed by atoms with van der Waals surface area (Å²) < 4.78 is 3.80. The third kappa shape index (κ3) is 4.06. The molecule has 5 heterocycles. The average molecular weight is 481 g/mol. The lowest BCUT2D eigenvalue weighted by Crippen LogP contribution is -2.49. The van der Waals surface area contributed by atoms with Crippen molar-refractivity contribution in [2.24, 2.45) is 0 Å². The second kappa shape index (κ2) is 9.07. The van der Waals surface area contributed by atoms with Crippen LogP contribution in [0.5, 0.6) is 0 Å². The van der Waals surface area contributed by atoms with Crippen LogP contribution in [0.25, 0.3) is 22.4 Å². The van der Waals surface area contributed by atoms with Gasteiger partial charge in [-0.25, -0.2) is 9.50 Å². The zero-order chi connectivity index (χ0) is 24.6. The summed E-state index contributed by atoms with van der Waals surface area (Å²) in [4.78, 5) is 21.5. The molecule has 0 atom stereocenters. The molecule has 0 bridgehead atoms. The minimum Gasteiger partial charge on any atom is -0.353 e. The maximum absolute atomic E-state index is 12.9. The van der Waals surface area contributed by atoms with E-state index in [2.05, 4.69) is 52.1 Å². The number of hydrogen-bond acceptors (Lipinski definition) is 6. The average Bonchev–Trinajstić information content (AvgIpc) is 3.53. The Kier molecular flexibility index (Phi) is 5.59. The maximum atomic E-state index is 12.9. The summed E-state index contributed by atoms with van der Waals surface area (Å²) in [5.41, 5.74) is 6.11. The van der Waals surface area contributed by atoms with Gasteiger partial charge in [0.1, 0.15) is 17.2 Å². The van der Waals surface area contributed by atoms with Gasteiger partial charge in [-0.3, -0.25) is 9.20 Å². The van der Waals surface area contributed by atoms with E-state index < -0.39 is 0 Å². The summed E-state index contributed by atoms with van der Waals surface area (Å²) in [6.07, 6.45) is 6.58. The first-order chi connectivity index (χ1) is 17.6. The van der Waals surface area contributed by atoms with E-state index in [4.69, 9.17) is 5.10 Å². The fourth-order valence-corrected chi connectivity index (χ4v) is 4.77. The number of benzene rings is 1. The van der Waals surface area contributed by atoms with Gasteiger partial charge in [0, 0.05) is 63.2 Å². The van der Waals surface area contributed by atoms with Gasteiger partial charge < -0.3 is 9.80 Å². The molecule has 182 valence electrons. The van der Waals surface area contributed by atoms with Gasteiger partial charge in [-0.2, -0.15) is 5.10 Å². The van der Waals surface area contributed by atoms with Gasteiger partial charge in [-0.1, -0.05) is 18.2 Å². The molecule has 0 N–H and O–H groups in total. The molecule has 1 aliphatic rings. The number of carbonyl (C=O) groups is 1. The quantitative estimate of drug-likeness (QED) is 0.384. The molecule has 6 rings (SSSR count). The molecular weight excluding hydrogens is 452 g/mol. The highest BCUT2D eigenvalue weighted by atomic mass is 16.2. The maximum Gasteiger partial charge on any atom is 0.223 e. The van der Waals surface area contributed by atoms with E-state index in [1.54, 1.807) is 6.20 Å². The summed E-state index contributed by atoms with van der Waals surface area (Å²) in [5, 5.41) is 13.6. The van der Waals surface area contributed by atoms with Gasteiger partial charge in [0.25, 0.3) is 0 Å². The SMILES string of the molecule is Cc1ccc(-c2cc3c4nnc(CCC(=O)N5CCN(c6ccccn6)CC5)n4ccn3n2)cc1C. The summed E-state index contributed by atoms with van der Waals surface area (Å²) in [7, 11) is 0. The number of nitrogens with zero attached hydrogens (tertiary/aromatic N) is 8. The van der Waals surface area contributed by atoms with Crippen molar-refractivity contribution in [1.82, 2.24) is 34.1 Å². The van der Waals surface area contributed by atoms with Crippen molar-refractivity contribution >= 4 is 22.9 Å². The van der Waals surface area contributed by atoms with Crippen LogP contribution in [0.1, 0.15) is 23.4 Å². The summed E-state index contributed by atoms with van der Waals surface area (Å²) >= 11 is 0. The van der Waals surface area contributed by atoms with Crippen LogP contribution >= 0.6 is 0 Å². The van der Waals surface area contributed by atoms with Gasteiger partial charge in [-0.05, 0) is 49.2 Å². The molecule has 1 amide bonds. The minimum absolute atomic E-state index is 0.148. The van der Waals surface area contributed by atoms with Gasteiger partial charge in [-0.15, -0.1) is 10.2 Å². The lowest BCUT2D eigenvalue weighted by Gasteiger charge is -2.35. The van der Waals surface area contributed by atoms with E-state index in [1.807, 2.05) is 50.5 Å². The summed E-state index contributed by atoms with van der Waals surface area (Å²) in [5.74, 6) is 1.89. The number of anilines is 1. The second-order valence-corrected chi connectivity index (χ2v) is 9.32. The number of rotatable bonds is 5. The van der Waals surface area contributed by atoms with E-state index in [0.717, 1.165) is 47.2 Å². The van der Waals surface area contributed by atoms with E-state index in [1.165, 1.54) is 11.1 Å². The normalized spacial score (nSPS) is 14.2. The molecule has 0 unspecified atom stereocenters. The highest BCUT2D eigenvalue weighted by Crippen LogP contribution is 2.24. The summed E-state index contributed by atoms with van der Waals surface area (Å²) in [6.45, 7) is 7.20. The molecule has 0 spiro atoms. The Morgan fingerprint density at radius 3 is 2.58 bits per heavy atom. The standard InChI is InChI=1S/C27H28N8O/c1-19-6-7-21(17-20(19)2)22-18-23-27-30-29-25(34(27)15-16-35(23)31-22)8-9-26(36)33-13-11-32(12-14-33)24-5-3-4-10-28-24/h3-7,10,15-18H,8-9,11-14H2,1-2H3. The van der Waals surface area contributed by atoms with Crippen molar-refractivity contribution in [3.8, 4) is 11.3 Å². The van der Waals surface area contributed by atoms with E-state index in [-0.39, 0.29) is 5.91 Å². The number of amides is 1. The third-order valence-electron chi connectivity index (χ3n) is 7.06. The molecule has 1 aromatic carbocycles. The van der Waals surface area contributed by atoms with E-state index in [0.29, 0.717) is 25.9 Å². The molecule has 1 aliphatic heterocycles. The Morgan fingerprint density at radius 2 is 1.81 bits per heavy atom. The predicted molar refractivity (Wildman–Crippen MR) is 138 cm³/mol. The number of aryl methyl sites for hydroxylation is 3. The van der Waals surface area contributed by atoms with Crippen LogP contribution in [0, 0.1) is 13.8 Å². The second-order valence-electron chi connectivity index (χ2n) is 9.32. The fraction of sp³-hybridized carbons (Fsp3) is 0.296. The van der Waals surface area contributed by atoms with Crippen molar-refractivity contribution in [2.75, 3.05) is 31.1 Å². The molecule has 9 heteroatoms. The molecule has 9 nitrogen and oxygen atoms in total. The number of pyridine rings is 1. The topological polar surface area (TPSA) is 83.9 Å². The number of carbonyl (C=O) groups excluding carboxylic acids is 1. The van der Waals surface area contributed by atoms with Gasteiger partial charge in [0.2, 0.25) is 5.91 Å². The molecule has 5 aromatic rings. The van der Waals surface area contributed by atoms with E-state index >= 15 is 0 Å². The Hall–Kier alpha value is -4.27. The first-order valence-electron chi connectivity index (χ1n) is 12.3. The van der Waals surface area contributed by atoms with Gasteiger partial charge in [0.05, 0.1) is 5.69 Å². The van der Waals surface area contributed by atoms with Crippen LogP contribution < -0.4 is 4.90 Å². The van der Waals surface area contributed by atoms with Gasteiger partial charge in [0.15, 0.2) is 5.65 Å². The van der Waals surface area contributed by atoms with Crippen molar-refractivity contribution in [3.63, 3.8) is 0 Å². The number of fused-ring (bicyclic) bond motifs is 3. The Bertz CT molecular complexity index is 1550. The Balaban J connectivity index is 1.15. The highest BCUT2D eigenvalue weighted by molar-refractivity contribution is 5.78. The lowest BCUT2D eigenvalue weighted by atomic mass is 10.0. The monoisotopic (exact) mass is 480 g/mol. The zero-order valence-corrected chi connectivity index (χ0v) is 20.5. The van der Waals surface area contributed by atoms with Crippen molar-refractivity contribution in [1.29, 1.82) is 0 Å². The highest BCUT2D eigenvalue weighted by Gasteiger charge is 2.22. The van der Waals surface area contributed by atoms with Crippen LogP contribution in [-0.4, -0.2) is 66.2 Å². The molecule has 1 saturated heterocycles. The summed E-state index contributed by atoms with van der Waals surface area (Å²) in [6, 6.07) is 14.3. The smallest absolute Gasteiger partial charge is 0.223 e. The fourth-order valence-electron chi connectivity index (χ4n) is 4.77. The molecule has 4 aromatic heterocycles. The number of aromatic nitrogens is 6. The van der Waals surface area contributed by atoms with E-state index in [9.17, 15) is 4.79 Å². The van der Waals surface area contributed by atoms with Crippen molar-refractivity contribution in [2.45, 2.75) is 26.7 Å². The molecular formula is C27H28N8O. The van der Waals surface area contributed by atoms with Gasteiger partial charge >= 0.3 is 0 Å². The number of hydrogen-bond donors (Lipinski definition) is 0. The molecule has 36 heavy (non-hydrogen) atoms. The molecule has 0 radical (unpaired) electrons. The Morgan fingerprint density at radius 1 is 0.944 bits per heavy atom. The van der Waals surface area contributed by atoms with Crippen molar-refractivity contribution < 1.29 is 4.79 Å². The molecule has 1 fully saturated rings. The first-order valence-corrected chi connectivity index (χ1v) is 12.3.